The van der Waals surface area contributed by atoms with Crippen LogP contribution >= 0.6 is 0 Å². The van der Waals surface area contributed by atoms with Crippen molar-refractivity contribution in [1.29, 1.82) is 0 Å². The normalized spacial score (nSPS) is 18.6. The van der Waals surface area contributed by atoms with E-state index >= 15 is 0 Å². The zero-order chi connectivity index (χ0) is 13.8. The Morgan fingerprint density at radius 3 is 2.17 bits per heavy atom. The summed E-state index contributed by atoms with van der Waals surface area (Å²) in [6, 6.07) is 0.0143. The van der Waals surface area contributed by atoms with E-state index in [0.29, 0.717) is 0 Å². The third-order valence-electron chi connectivity index (χ3n) is 2.84. The molecule has 1 aliphatic rings. The lowest BCUT2D eigenvalue weighted by Crippen LogP contribution is -2.41. The van der Waals surface area contributed by atoms with Crippen molar-refractivity contribution in [2.75, 3.05) is 26.4 Å². The van der Waals surface area contributed by atoms with Crippen molar-refractivity contribution in [3.63, 3.8) is 0 Å². The number of rotatable bonds is 7. The molecule has 0 saturated heterocycles. The van der Waals surface area contributed by atoms with Crippen LogP contribution in [0.1, 0.15) is 25.7 Å². The lowest BCUT2D eigenvalue weighted by molar-refractivity contribution is 0.507. The van der Waals surface area contributed by atoms with Gasteiger partial charge >= 0.3 is 0 Å². The van der Waals surface area contributed by atoms with E-state index in [1.165, 1.54) is 14.1 Å². The first-order valence-electron chi connectivity index (χ1n) is 5.90. The van der Waals surface area contributed by atoms with Crippen LogP contribution in [0, 0.1) is 0 Å². The molecule has 0 amide bonds. The van der Waals surface area contributed by atoms with Gasteiger partial charge in [-0.3, -0.25) is 0 Å². The van der Waals surface area contributed by atoms with E-state index in [1.807, 2.05) is 0 Å². The summed E-state index contributed by atoms with van der Waals surface area (Å²) >= 11 is 0. The molecule has 1 fully saturated rings. The van der Waals surface area contributed by atoms with Crippen molar-refractivity contribution in [2.24, 2.45) is 0 Å². The minimum Gasteiger partial charge on any atom is -0.212 e. The summed E-state index contributed by atoms with van der Waals surface area (Å²) in [6.07, 6.45) is 3.81. The molecule has 7 nitrogen and oxygen atoms in total. The van der Waals surface area contributed by atoms with Gasteiger partial charge in [0.15, 0.2) is 0 Å². The lowest BCUT2D eigenvalue weighted by atomic mass is 10.3. The third kappa shape index (κ3) is 5.19. The van der Waals surface area contributed by atoms with Crippen LogP contribution in [0.3, 0.4) is 0 Å². The topological polar surface area (TPSA) is 95.6 Å². The number of sulfonamides is 1. The first-order chi connectivity index (χ1) is 8.23. The molecule has 0 aliphatic heterocycles. The molecule has 18 heavy (non-hydrogen) atoms. The average molecular weight is 299 g/mol. The van der Waals surface area contributed by atoms with Crippen LogP contribution in [-0.4, -0.2) is 53.6 Å². The van der Waals surface area contributed by atoms with Crippen molar-refractivity contribution < 1.29 is 16.8 Å². The summed E-state index contributed by atoms with van der Waals surface area (Å²) in [5.41, 5.74) is 0. The van der Waals surface area contributed by atoms with Gasteiger partial charge in [-0.2, -0.15) is 12.7 Å². The first kappa shape index (κ1) is 15.8. The number of nitrogens with zero attached hydrogens (tertiary/aromatic N) is 1. The molecule has 0 radical (unpaired) electrons. The van der Waals surface area contributed by atoms with Crippen molar-refractivity contribution in [3.8, 4) is 0 Å². The van der Waals surface area contributed by atoms with E-state index in [9.17, 15) is 16.8 Å². The summed E-state index contributed by atoms with van der Waals surface area (Å²) < 4.78 is 51.9. The molecule has 0 aromatic carbocycles. The van der Waals surface area contributed by atoms with Gasteiger partial charge in [0.1, 0.15) is 0 Å². The molecule has 2 N–H and O–H groups in total. The zero-order valence-electron chi connectivity index (χ0n) is 10.7. The van der Waals surface area contributed by atoms with Crippen LogP contribution in [0.5, 0.6) is 0 Å². The molecule has 108 valence electrons. The second kappa shape index (κ2) is 6.29. The SMILES string of the molecule is CN(C)S(=O)(=O)NCCS(=O)(=O)NC1CCCC1. The molecule has 0 bridgehead atoms. The predicted molar refractivity (Wildman–Crippen MR) is 69.8 cm³/mol. The maximum Gasteiger partial charge on any atom is 0.278 e. The predicted octanol–water partition coefficient (Wildman–Crippen LogP) is -0.756. The third-order valence-corrected chi connectivity index (χ3v) is 5.80. The number of hydrogen-bond donors (Lipinski definition) is 2. The molecule has 0 aromatic rings. The highest BCUT2D eigenvalue weighted by molar-refractivity contribution is 7.89. The van der Waals surface area contributed by atoms with E-state index in [-0.39, 0.29) is 18.3 Å². The molecule has 1 saturated carbocycles. The summed E-state index contributed by atoms with van der Waals surface area (Å²) in [5.74, 6) is -0.240. The van der Waals surface area contributed by atoms with Gasteiger partial charge in [-0.15, -0.1) is 0 Å². The average Bonchev–Trinajstić information content (AvgIpc) is 2.68. The van der Waals surface area contributed by atoms with Crippen molar-refractivity contribution in [2.45, 2.75) is 31.7 Å². The van der Waals surface area contributed by atoms with Gasteiger partial charge in [0, 0.05) is 26.7 Å². The largest absolute Gasteiger partial charge is 0.278 e. The smallest absolute Gasteiger partial charge is 0.212 e. The van der Waals surface area contributed by atoms with Gasteiger partial charge in [-0.05, 0) is 12.8 Å². The fraction of sp³-hybridized carbons (Fsp3) is 1.00. The van der Waals surface area contributed by atoms with Crippen LogP contribution in [0.25, 0.3) is 0 Å². The van der Waals surface area contributed by atoms with Gasteiger partial charge in [0.05, 0.1) is 5.75 Å². The quantitative estimate of drug-likeness (QED) is 0.646. The highest BCUT2D eigenvalue weighted by Gasteiger charge is 2.22. The molecule has 0 heterocycles. The first-order valence-corrected chi connectivity index (χ1v) is 8.99. The Bertz CT molecular complexity index is 452. The van der Waals surface area contributed by atoms with Crippen LogP contribution < -0.4 is 9.44 Å². The Morgan fingerprint density at radius 2 is 1.67 bits per heavy atom. The maximum atomic E-state index is 11.7. The molecular weight excluding hydrogens is 278 g/mol. The van der Waals surface area contributed by atoms with E-state index in [2.05, 4.69) is 9.44 Å². The summed E-state index contributed by atoms with van der Waals surface area (Å²) in [5, 5.41) is 0. The summed E-state index contributed by atoms with van der Waals surface area (Å²) in [4.78, 5) is 0. The Morgan fingerprint density at radius 1 is 1.11 bits per heavy atom. The molecule has 0 spiro atoms. The van der Waals surface area contributed by atoms with Crippen LogP contribution in [0.2, 0.25) is 0 Å². The molecule has 1 rings (SSSR count). The summed E-state index contributed by atoms with van der Waals surface area (Å²) in [7, 11) is -4.20. The lowest BCUT2D eigenvalue weighted by Gasteiger charge is -2.14. The Kier molecular flexibility index (Phi) is 5.53. The molecule has 0 atom stereocenters. The van der Waals surface area contributed by atoms with Crippen LogP contribution in [0.4, 0.5) is 0 Å². The van der Waals surface area contributed by atoms with Gasteiger partial charge in [-0.25, -0.2) is 17.9 Å². The zero-order valence-corrected chi connectivity index (χ0v) is 12.3. The van der Waals surface area contributed by atoms with Crippen molar-refractivity contribution >= 4 is 20.2 Å². The van der Waals surface area contributed by atoms with E-state index in [1.54, 1.807) is 0 Å². The number of hydrogen-bond acceptors (Lipinski definition) is 4. The molecular formula is C9H21N3O4S2. The maximum absolute atomic E-state index is 11.7. The fourth-order valence-electron chi connectivity index (χ4n) is 1.79. The molecule has 9 heteroatoms. The second-order valence-electron chi connectivity index (χ2n) is 4.60. The summed E-state index contributed by atoms with van der Waals surface area (Å²) in [6.45, 7) is -0.122. The number of nitrogens with one attached hydrogen (secondary N) is 2. The highest BCUT2D eigenvalue weighted by Crippen LogP contribution is 2.18. The minimum atomic E-state index is -3.56. The Hall–Kier alpha value is -0.220. The molecule has 0 unspecified atom stereocenters. The second-order valence-corrected chi connectivity index (χ2v) is 8.44. The van der Waals surface area contributed by atoms with E-state index in [4.69, 9.17) is 0 Å². The Balaban J connectivity index is 2.38. The fourth-order valence-corrected chi connectivity index (χ4v) is 3.77. The minimum absolute atomic E-state index is 0.0143. The standard InChI is InChI=1S/C9H21N3O4S2/c1-12(2)18(15,16)10-7-8-17(13,14)11-9-5-3-4-6-9/h9-11H,3-8H2,1-2H3. The van der Waals surface area contributed by atoms with Crippen molar-refractivity contribution in [3.05, 3.63) is 0 Å². The van der Waals surface area contributed by atoms with E-state index in [0.717, 1.165) is 30.0 Å². The van der Waals surface area contributed by atoms with Crippen molar-refractivity contribution in [1.82, 2.24) is 13.7 Å². The van der Waals surface area contributed by atoms with E-state index < -0.39 is 20.2 Å². The monoisotopic (exact) mass is 299 g/mol. The van der Waals surface area contributed by atoms with Gasteiger partial charge in [0.25, 0.3) is 10.2 Å². The van der Waals surface area contributed by atoms with Crippen LogP contribution in [-0.2, 0) is 20.2 Å². The Labute approximate surface area is 109 Å². The van der Waals surface area contributed by atoms with Gasteiger partial charge < -0.3 is 0 Å². The molecule has 0 aromatic heterocycles. The van der Waals surface area contributed by atoms with Crippen LogP contribution in [0.15, 0.2) is 0 Å². The van der Waals surface area contributed by atoms with Gasteiger partial charge in [-0.1, -0.05) is 12.8 Å². The highest BCUT2D eigenvalue weighted by atomic mass is 32.2. The molecule has 1 aliphatic carbocycles. The van der Waals surface area contributed by atoms with Gasteiger partial charge in [0.2, 0.25) is 10.0 Å².